The standard InChI is InChI=1S/C21H18N2O3S/c24-17-11-23(10-13-3-1-2-4-14(13)17)21(26)12-5-6-18-16(9-12)15-7-8-22-20(25)19(15)27-18/h1-6,9,17,24H,7-8,10-11H2,(H,22,25)/t17-/m1/s1. The van der Waals surface area contributed by atoms with Crippen molar-refractivity contribution >= 4 is 33.2 Å². The molecule has 0 fully saturated rings. The van der Waals surface area contributed by atoms with Crippen molar-refractivity contribution < 1.29 is 14.7 Å². The van der Waals surface area contributed by atoms with Crippen LogP contribution in [0.15, 0.2) is 42.5 Å². The van der Waals surface area contributed by atoms with E-state index in [1.54, 1.807) is 4.90 Å². The van der Waals surface area contributed by atoms with Gasteiger partial charge in [-0.2, -0.15) is 0 Å². The molecule has 3 heterocycles. The average Bonchev–Trinajstić information content (AvgIpc) is 3.07. The van der Waals surface area contributed by atoms with Gasteiger partial charge in [-0.1, -0.05) is 24.3 Å². The Hall–Kier alpha value is -2.70. The number of fused-ring (bicyclic) bond motifs is 4. The number of carbonyl (C=O) groups excluding carboxylic acids is 2. The Kier molecular flexibility index (Phi) is 3.77. The number of carbonyl (C=O) groups is 2. The smallest absolute Gasteiger partial charge is 0.261 e. The van der Waals surface area contributed by atoms with Crippen molar-refractivity contribution in [2.75, 3.05) is 13.1 Å². The second-order valence-corrected chi connectivity index (χ2v) is 8.08. The molecular weight excluding hydrogens is 360 g/mol. The minimum absolute atomic E-state index is 0.0268. The molecule has 2 N–H and O–H groups in total. The van der Waals surface area contributed by atoms with E-state index in [9.17, 15) is 14.7 Å². The number of hydrogen-bond donors (Lipinski definition) is 2. The lowest BCUT2D eigenvalue weighted by Gasteiger charge is -2.32. The van der Waals surface area contributed by atoms with E-state index in [-0.39, 0.29) is 18.4 Å². The van der Waals surface area contributed by atoms with Crippen LogP contribution in [0, 0.1) is 0 Å². The molecule has 3 aromatic rings. The number of nitrogens with one attached hydrogen (secondary N) is 1. The average molecular weight is 378 g/mol. The summed E-state index contributed by atoms with van der Waals surface area (Å²) in [5.74, 6) is -0.119. The number of benzene rings is 2. The highest BCUT2D eigenvalue weighted by Crippen LogP contribution is 2.34. The predicted molar refractivity (Wildman–Crippen MR) is 104 cm³/mol. The van der Waals surface area contributed by atoms with Gasteiger partial charge in [-0.3, -0.25) is 9.59 Å². The summed E-state index contributed by atoms with van der Waals surface area (Å²) in [6.07, 6.45) is 0.120. The summed E-state index contributed by atoms with van der Waals surface area (Å²) < 4.78 is 1.03. The van der Waals surface area contributed by atoms with Gasteiger partial charge < -0.3 is 15.3 Å². The molecule has 0 unspecified atom stereocenters. The number of amides is 2. The summed E-state index contributed by atoms with van der Waals surface area (Å²) in [6, 6.07) is 13.3. The fraction of sp³-hybridized carbons (Fsp3) is 0.238. The fourth-order valence-electron chi connectivity index (χ4n) is 4.01. The van der Waals surface area contributed by atoms with E-state index in [0.29, 0.717) is 18.7 Å². The number of β-amino-alcohol motifs (C(OH)–C–C–N with tert-alkyl or cyclic N) is 1. The quantitative estimate of drug-likeness (QED) is 0.684. The van der Waals surface area contributed by atoms with Crippen molar-refractivity contribution in [1.82, 2.24) is 10.2 Å². The number of nitrogens with zero attached hydrogens (tertiary/aromatic N) is 1. The van der Waals surface area contributed by atoms with Gasteiger partial charge in [-0.05, 0) is 46.7 Å². The summed E-state index contributed by atoms with van der Waals surface area (Å²) in [5.41, 5.74) is 3.52. The molecule has 0 radical (unpaired) electrons. The summed E-state index contributed by atoms with van der Waals surface area (Å²) in [4.78, 5) is 27.6. The molecule has 1 atom stereocenters. The van der Waals surface area contributed by atoms with Crippen LogP contribution in [0.25, 0.3) is 10.1 Å². The molecule has 2 amide bonds. The van der Waals surface area contributed by atoms with Crippen LogP contribution in [-0.4, -0.2) is 34.9 Å². The fourth-order valence-corrected chi connectivity index (χ4v) is 5.16. The Morgan fingerprint density at radius 3 is 2.96 bits per heavy atom. The minimum atomic E-state index is -0.666. The minimum Gasteiger partial charge on any atom is -0.387 e. The zero-order valence-electron chi connectivity index (χ0n) is 14.6. The first-order chi connectivity index (χ1) is 13.1. The second kappa shape index (κ2) is 6.18. The highest BCUT2D eigenvalue weighted by atomic mass is 32.1. The molecule has 27 heavy (non-hydrogen) atoms. The van der Waals surface area contributed by atoms with Gasteiger partial charge in [0.05, 0.1) is 17.5 Å². The lowest BCUT2D eigenvalue weighted by Crippen LogP contribution is -2.38. The molecule has 0 aliphatic carbocycles. The van der Waals surface area contributed by atoms with Crippen LogP contribution < -0.4 is 5.32 Å². The first kappa shape index (κ1) is 16.5. The van der Waals surface area contributed by atoms with E-state index in [4.69, 9.17) is 0 Å². The molecule has 0 saturated heterocycles. The Balaban J connectivity index is 1.50. The van der Waals surface area contributed by atoms with Crippen molar-refractivity contribution in [1.29, 1.82) is 0 Å². The molecule has 0 bridgehead atoms. The van der Waals surface area contributed by atoms with Gasteiger partial charge in [0.15, 0.2) is 0 Å². The van der Waals surface area contributed by atoms with Gasteiger partial charge in [0.1, 0.15) is 0 Å². The largest absolute Gasteiger partial charge is 0.387 e. The zero-order chi connectivity index (χ0) is 18.5. The van der Waals surface area contributed by atoms with Crippen LogP contribution >= 0.6 is 11.3 Å². The van der Waals surface area contributed by atoms with Crippen LogP contribution in [0.3, 0.4) is 0 Å². The molecule has 136 valence electrons. The zero-order valence-corrected chi connectivity index (χ0v) is 15.4. The first-order valence-electron chi connectivity index (χ1n) is 9.00. The van der Waals surface area contributed by atoms with E-state index in [1.165, 1.54) is 11.3 Å². The summed E-state index contributed by atoms with van der Waals surface area (Å²) in [7, 11) is 0. The van der Waals surface area contributed by atoms with E-state index in [0.717, 1.165) is 38.1 Å². The third-order valence-corrected chi connectivity index (χ3v) is 6.57. The third-order valence-electron chi connectivity index (χ3n) is 5.36. The van der Waals surface area contributed by atoms with Crippen molar-refractivity contribution in [3.63, 3.8) is 0 Å². The highest BCUT2D eigenvalue weighted by Gasteiger charge is 2.28. The topological polar surface area (TPSA) is 69.6 Å². The Labute approximate surface area is 160 Å². The van der Waals surface area contributed by atoms with Crippen molar-refractivity contribution in [2.45, 2.75) is 19.1 Å². The number of aliphatic hydroxyl groups is 1. The number of rotatable bonds is 1. The van der Waals surface area contributed by atoms with Gasteiger partial charge in [0, 0.05) is 23.4 Å². The van der Waals surface area contributed by atoms with E-state index in [1.807, 2.05) is 42.5 Å². The maximum atomic E-state index is 13.1. The predicted octanol–water partition coefficient (Wildman–Crippen LogP) is 2.88. The third kappa shape index (κ3) is 2.64. The lowest BCUT2D eigenvalue weighted by atomic mass is 9.96. The van der Waals surface area contributed by atoms with E-state index in [2.05, 4.69) is 5.32 Å². The molecule has 2 aliphatic rings. The Bertz CT molecular complexity index is 1090. The normalized spacial score (nSPS) is 18.8. The number of thiophene rings is 1. The molecule has 0 spiro atoms. The van der Waals surface area contributed by atoms with Crippen LogP contribution in [0.2, 0.25) is 0 Å². The molecular formula is C21H18N2O3S. The molecule has 2 aliphatic heterocycles. The van der Waals surface area contributed by atoms with E-state index >= 15 is 0 Å². The molecule has 5 nitrogen and oxygen atoms in total. The number of aliphatic hydroxyl groups excluding tert-OH is 1. The molecule has 5 rings (SSSR count). The van der Waals surface area contributed by atoms with Gasteiger partial charge in [0.2, 0.25) is 0 Å². The maximum Gasteiger partial charge on any atom is 0.261 e. The SMILES string of the molecule is O=C1NCCc2c1sc1ccc(C(=O)N3Cc4ccccc4[C@H](O)C3)cc21. The summed E-state index contributed by atoms with van der Waals surface area (Å²) in [5, 5.41) is 14.3. The molecule has 6 heteroatoms. The summed E-state index contributed by atoms with van der Waals surface area (Å²) in [6.45, 7) is 1.41. The van der Waals surface area contributed by atoms with Gasteiger partial charge in [0.25, 0.3) is 11.8 Å². The summed E-state index contributed by atoms with van der Waals surface area (Å²) >= 11 is 1.48. The van der Waals surface area contributed by atoms with Crippen molar-refractivity contribution in [3.05, 3.63) is 69.6 Å². The van der Waals surface area contributed by atoms with Crippen LogP contribution in [-0.2, 0) is 13.0 Å². The highest BCUT2D eigenvalue weighted by molar-refractivity contribution is 7.21. The maximum absolute atomic E-state index is 13.1. The van der Waals surface area contributed by atoms with Crippen LogP contribution in [0.4, 0.5) is 0 Å². The second-order valence-electron chi connectivity index (χ2n) is 7.03. The van der Waals surface area contributed by atoms with E-state index < -0.39 is 6.10 Å². The van der Waals surface area contributed by atoms with Crippen LogP contribution in [0.5, 0.6) is 0 Å². The van der Waals surface area contributed by atoms with Gasteiger partial charge in [-0.15, -0.1) is 11.3 Å². The van der Waals surface area contributed by atoms with Gasteiger partial charge in [-0.25, -0.2) is 0 Å². The van der Waals surface area contributed by atoms with Crippen LogP contribution in [0.1, 0.15) is 42.8 Å². The Morgan fingerprint density at radius 2 is 2.07 bits per heavy atom. The monoisotopic (exact) mass is 378 g/mol. The number of hydrogen-bond acceptors (Lipinski definition) is 4. The first-order valence-corrected chi connectivity index (χ1v) is 9.82. The van der Waals surface area contributed by atoms with Gasteiger partial charge >= 0.3 is 0 Å². The molecule has 0 saturated carbocycles. The molecule has 1 aromatic heterocycles. The molecule has 2 aromatic carbocycles. The Morgan fingerprint density at radius 1 is 1.22 bits per heavy atom. The van der Waals surface area contributed by atoms with Crippen molar-refractivity contribution in [2.24, 2.45) is 0 Å². The van der Waals surface area contributed by atoms with Crippen molar-refractivity contribution in [3.8, 4) is 0 Å². The lowest BCUT2D eigenvalue weighted by molar-refractivity contribution is 0.0550.